The maximum atomic E-state index is 12.1. The molecule has 5 heteroatoms. The number of nitrogens with two attached hydrogens (primary N) is 1. The Hall–Kier alpha value is -1.55. The van der Waals surface area contributed by atoms with Gasteiger partial charge in [-0.3, -0.25) is 14.5 Å². The van der Waals surface area contributed by atoms with Crippen LogP contribution >= 0.6 is 11.6 Å². The first-order valence-electron chi connectivity index (χ1n) is 6.44. The fourth-order valence-electron chi connectivity index (χ4n) is 2.45. The maximum Gasteiger partial charge on any atom is 0.240 e. The van der Waals surface area contributed by atoms with E-state index in [4.69, 9.17) is 17.3 Å². The van der Waals surface area contributed by atoms with Crippen molar-refractivity contribution < 1.29 is 9.59 Å². The van der Waals surface area contributed by atoms with E-state index in [1.165, 1.54) is 4.90 Å². The van der Waals surface area contributed by atoms with Gasteiger partial charge in [-0.25, -0.2) is 0 Å². The minimum Gasteiger partial charge on any atom is -0.368 e. The summed E-state index contributed by atoms with van der Waals surface area (Å²) in [4.78, 5) is 25.3. The van der Waals surface area contributed by atoms with Crippen LogP contribution < -0.4 is 10.6 Å². The van der Waals surface area contributed by atoms with Crippen LogP contribution in [0.3, 0.4) is 0 Å². The van der Waals surface area contributed by atoms with E-state index < -0.39 is 11.9 Å². The number of primary amides is 1. The van der Waals surface area contributed by atoms with Crippen LogP contribution in [0.1, 0.15) is 31.7 Å². The number of amides is 2. The molecule has 1 aliphatic heterocycles. The topological polar surface area (TPSA) is 63.4 Å². The molecular formula is C14H17ClN2O2. The minimum atomic E-state index is -0.560. The van der Waals surface area contributed by atoms with Crippen LogP contribution in [0.5, 0.6) is 0 Å². The summed E-state index contributed by atoms with van der Waals surface area (Å²) in [5.74, 6) is -0.540. The van der Waals surface area contributed by atoms with E-state index in [1.807, 2.05) is 6.92 Å². The number of benzene rings is 1. The number of rotatable bonds is 5. The van der Waals surface area contributed by atoms with Gasteiger partial charge in [-0.1, -0.05) is 31.4 Å². The summed E-state index contributed by atoms with van der Waals surface area (Å²) < 4.78 is 0. The lowest BCUT2D eigenvalue weighted by atomic mass is 10.1. The SMILES string of the molecule is CCCCC(C(N)=O)N1C(=O)Cc2cc(Cl)ccc21. The zero-order valence-electron chi connectivity index (χ0n) is 10.9. The van der Waals surface area contributed by atoms with E-state index in [9.17, 15) is 9.59 Å². The van der Waals surface area contributed by atoms with Crippen molar-refractivity contribution in [2.75, 3.05) is 4.90 Å². The zero-order chi connectivity index (χ0) is 14.0. The smallest absolute Gasteiger partial charge is 0.240 e. The van der Waals surface area contributed by atoms with Gasteiger partial charge in [-0.2, -0.15) is 0 Å². The monoisotopic (exact) mass is 280 g/mol. The molecule has 0 spiro atoms. The Morgan fingerprint density at radius 1 is 1.53 bits per heavy atom. The number of unbranched alkanes of at least 4 members (excludes halogenated alkanes) is 1. The molecule has 102 valence electrons. The number of fused-ring (bicyclic) bond motifs is 1. The lowest BCUT2D eigenvalue weighted by molar-refractivity contribution is -0.124. The lowest BCUT2D eigenvalue weighted by Crippen LogP contribution is -2.46. The van der Waals surface area contributed by atoms with Crippen molar-refractivity contribution in [2.45, 2.75) is 38.6 Å². The second-order valence-corrected chi connectivity index (χ2v) is 5.21. The fourth-order valence-corrected chi connectivity index (χ4v) is 2.65. The molecule has 1 heterocycles. The van der Waals surface area contributed by atoms with Gasteiger partial charge < -0.3 is 5.73 Å². The molecule has 1 aromatic carbocycles. The summed E-state index contributed by atoms with van der Waals surface area (Å²) in [5, 5.41) is 0.595. The van der Waals surface area contributed by atoms with Gasteiger partial charge >= 0.3 is 0 Å². The predicted octanol–water partition coefficient (Wildman–Crippen LogP) is 2.27. The van der Waals surface area contributed by atoms with E-state index in [2.05, 4.69) is 0 Å². The second kappa shape index (κ2) is 5.61. The Balaban J connectivity index is 2.33. The standard InChI is InChI=1S/C14H17ClN2O2/c1-2-3-4-12(14(16)19)17-11-6-5-10(15)7-9(11)8-13(17)18/h5-7,12H,2-4,8H2,1H3,(H2,16,19). The van der Waals surface area contributed by atoms with Crippen LogP contribution in [0.15, 0.2) is 18.2 Å². The van der Waals surface area contributed by atoms with Crippen LogP contribution in [0.4, 0.5) is 5.69 Å². The molecule has 0 bridgehead atoms. The summed E-state index contributed by atoms with van der Waals surface area (Å²) >= 11 is 5.92. The highest BCUT2D eigenvalue weighted by molar-refractivity contribution is 6.31. The highest BCUT2D eigenvalue weighted by Gasteiger charge is 2.35. The molecule has 2 amide bonds. The van der Waals surface area contributed by atoms with Crippen LogP contribution in [0.2, 0.25) is 5.02 Å². The summed E-state index contributed by atoms with van der Waals surface area (Å²) in [6.07, 6.45) is 2.70. The average molecular weight is 281 g/mol. The Morgan fingerprint density at radius 2 is 2.26 bits per heavy atom. The van der Waals surface area contributed by atoms with Gasteiger partial charge in [-0.15, -0.1) is 0 Å². The molecule has 0 aromatic heterocycles. The number of hydrogen-bond donors (Lipinski definition) is 1. The first-order valence-corrected chi connectivity index (χ1v) is 6.82. The molecule has 2 rings (SSSR count). The first-order chi connectivity index (χ1) is 9.04. The summed E-state index contributed by atoms with van der Waals surface area (Å²) in [6, 6.07) is 4.72. The summed E-state index contributed by atoms with van der Waals surface area (Å²) in [7, 11) is 0. The van der Waals surface area contributed by atoms with Crippen LogP contribution in [0, 0.1) is 0 Å². The molecular weight excluding hydrogens is 264 g/mol. The van der Waals surface area contributed by atoms with Crippen LogP contribution in [-0.2, 0) is 16.0 Å². The van der Waals surface area contributed by atoms with Gasteiger partial charge in [0.15, 0.2) is 0 Å². The van der Waals surface area contributed by atoms with E-state index in [0.29, 0.717) is 11.4 Å². The quantitative estimate of drug-likeness (QED) is 0.899. The first kappa shape index (κ1) is 13.9. The molecule has 1 aliphatic rings. The summed E-state index contributed by atoms with van der Waals surface area (Å²) in [6.45, 7) is 2.04. The van der Waals surface area contributed by atoms with Crippen LogP contribution in [-0.4, -0.2) is 17.9 Å². The molecule has 1 unspecified atom stereocenters. The van der Waals surface area contributed by atoms with Gasteiger partial charge in [0.05, 0.1) is 6.42 Å². The highest BCUT2D eigenvalue weighted by Crippen LogP contribution is 2.33. The van der Waals surface area contributed by atoms with Gasteiger partial charge in [0.1, 0.15) is 6.04 Å². The molecule has 2 N–H and O–H groups in total. The van der Waals surface area contributed by atoms with Crippen molar-refractivity contribution in [3.05, 3.63) is 28.8 Å². The predicted molar refractivity (Wildman–Crippen MR) is 75.1 cm³/mol. The van der Waals surface area contributed by atoms with E-state index in [1.54, 1.807) is 18.2 Å². The van der Waals surface area contributed by atoms with E-state index >= 15 is 0 Å². The Kier molecular flexibility index (Phi) is 4.10. The third-order valence-corrected chi connectivity index (χ3v) is 3.62. The summed E-state index contributed by atoms with van der Waals surface area (Å²) in [5.41, 5.74) is 7.07. The molecule has 19 heavy (non-hydrogen) atoms. The van der Waals surface area contributed by atoms with Crippen molar-refractivity contribution in [3.63, 3.8) is 0 Å². The van der Waals surface area contributed by atoms with Crippen molar-refractivity contribution in [2.24, 2.45) is 5.73 Å². The molecule has 1 aromatic rings. The number of nitrogens with zero attached hydrogens (tertiary/aromatic N) is 1. The third kappa shape index (κ3) is 2.73. The van der Waals surface area contributed by atoms with E-state index in [-0.39, 0.29) is 12.3 Å². The molecule has 1 atom stereocenters. The number of carbonyl (C=O) groups excluding carboxylic acids is 2. The Labute approximate surface area is 117 Å². The minimum absolute atomic E-state index is 0.0860. The molecule has 4 nitrogen and oxygen atoms in total. The third-order valence-electron chi connectivity index (χ3n) is 3.38. The molecule has 0 aliphatic carbocycles. The van der Waals surface area contributed by atoms with Gasteiger partial charge in [0, 0.05) is 10.7 Å². The van der Waals surface area contributed by atoms with Gasteiger partial charge in [0.2, 0.25) is 11.8 Å². The average Bonchev–Trinajstić information content (AvgIpc) is 2.65. The largest absolute Gasteiger partial charge is 0.368 e. The lowest BCUT2D eigenvalue weighted by Gasteiger charge is -2.26. The maximum absolute atomic E-state index is 12.1. The molecule has 0 fully saturated rings. The normalized spacial score (nSPS) is 15.5. The number of anilines is 1. The molecule has 0 radical (unpaired) electrons. The Morgan fingerprint density at radius 3 is 2.89 bits per heavy atom. The van der Waals surface area contributed by atoms with Crippen LogP contribution in [0.25, 0.3) is 0 Å². The number of carbonyl (C=O) groups is 2. The number of halogens is 1. The van der Waals surface area contributed by atoms with Gasteiger partial charge in [-0.05, 0) is 30.2 Å². The zero-order valence-corrected chi connectivity index (χ0v) is 11.6. The number of hydrogen-bond acceptors (Lipinski definition) is 2. The van der Waals surface area contributed by atoms with E-state index in [0.717, 1.165) is 24.1 Å². The Bertz CT molecular complexity index is 516. The highest BCUT2D eigenvalue weighted by atomic mass is 35.5. The molecule has 0 saturated carbocycles. The fraction of sp³-hybridized carbons (Fsp3) is 0.429. The van der Waals surface area contributed by atoms with Gasteiger partial charge in [0.25, 0.3) is 0 Å². The van der Waals surface area contributed by atoms with Crippen molar-refractivity contribution in [3.8, 4) is 0 Å². The second-order valence-electron chi connectivity index (χ2n) is 4.77. The van der Waals surface area contributed by atoms with Crippen molar-refractivity contribution in [1.29, 1.82) is 0 Å². The molecule has 0 saturated heterocycles. The van der Waals surface area contributed by atoms with Crippen molar-refractivity contribution in [1.82, 2.24) is 0 Å². The van der Waals surface area contributed by atoms with Crippen molar-refractivity contribution >= 4 is 29.1 Å².